The lowest BCUT2D eigenvalue weighted by atomic mass is 10.1. The lowest BCUT2D eigenvalue weighted by molar-refractivity contribution is 0.636. The summed E-state index contributed by atoms with van der Waals surface area (Å²) in [4.78, 5) is 26.6. The molecule has 7 heteroatoms. The van der Waals surface area contributed by atoms with Gasteiger partial charge in [0.15, 0.2) is 0 Å². The Labute approximate surface area is 180 Å². The second kappa shape index (κ2) is 7.19. The number of allylic oxidation sites excluding steroid dienone is 1. The third kappa shape index (κ3) is 3.22. The topological polar surface area (TPSA) is 73.8 Å². The molecular formula is C24H23N7. The number of piperazine rings is 1. The molecule has 0 unspecified atom stereocenters. The number of aromatic nitrogens is 5. The number of rotatable bonds is 3. The van der Waals surface area contributed by atoms with E-state index in [0.717, 1.165) is 77.9 Å². The molecule has 31 heavy (non-hydrogen) atoms. The first kappa shape index (κ1) is 18.1. The standard InChI is InChI=1S/C24H23N7/c1-16-6-7-17(14-25-16)18-12-19-22(13-18)26-15-27-23(19)30-8-10-31(11-9-30)24-28-20-4-2-3-5-21(20)29-24/h2-7,12,14-15H,8-11,13H2,1H3,(H,28,29). The van der Waals surface area contributed by atoms with E-state index in [1.807, 2.05) is 31.3 Å². The van der Waals surface area contributed by atoms with Gasteiger partial charge in [-0.3, -0.25) is 4.98 Å². The number of hydrogen-bond donors (Lipinski definition) is 1. The summed E-state index contributed by atoms with van der Waals surface area (Å²) in [5.41, 5.74) is 7.78. The number of imidazole rings is 1. The van der Waals surface area contributed by atoms with Gasteiger partial charge in [0.05, 0.1) is 16.7 Å². The first-order valence-corrected chi connectivity index (χ1v) is 10.7. The Balaban J connectivity index is 1.22. The van der Waals surface area contributed by atoms with Crippen LogP contribution >= 0.6 is 0 Å². The van der Waals surface area contributed by atoms with Crippen molar-refractivity contribution < 1.29 is 0 Å². The van der Waals surface area contributed by atoms with Crippen LogP contribution in [0.1, 0.15) is 22.5 Å². The van der Waals surface area contributed by atoms with E-state index in [1.165, 1.54) is 5.57 Å². The number of anilines is 2. The maximum Gasteiger partial charge on any atom is 0.203 e. The predicted molar refractivity (Wildman–Crippen MR) is 123 cm³/mol. The number of pyridine rings is 1. The van der Waals surface area contributed by atoms with Crippen molar-refractivity contribution in [2.45, 2.75) is 13.3 Å². The van der Waals surface area contributed by atoms with E-state index in [0.29, 0.717) is 0 Å². The van der Waals surface area contributed by atoms with Crippen LogP contribution in [0.5, 0.6) is 0 Å². The molecule has 0 atom stereocenters. The number of aryl methyl sites for hydroxylation is 1. The number of aromatic amines is 1. The van der Waals surface area contributed by atoms with Crippen LogP contribution in [0.4, 0.5) is 11.8 Å². The molecule has 1 aromatic carbocycles. The van der Waals surface area contributed by atoms with E-state index in [9.17, 15) is 0 Å². The van der Waals surface area contributed by atoms with Crippen LogP contribution in [0.15, 0.2) is 48.9 Å². The summed E-state index contributed by atoms with van der Waals surface area (Å²) in [6.45, 7) is 5.61. The Bertz CT molecular complexity index is 1250. The Morgan fingerprint density at radius 3 is 2.55 bits per heavy atom. The molecule has 4 heterocycles. The number of nitrogens with zero attached hydrogens (tertiary/aromatic N) is 6. The quantitative estimate of drug-likeness (QED) is 0.558. The maximum atomic E-state index is 4.75. The van der Waals surface area contributed by atoms with Crippen molar-refractivity contribution in [3.05, 3.63) is 71.4 Å². The zero-order valence-corrected chi connectivity index (χ0v) is 17.4. The molecule has 1 N–H and O–H groups in total. The van der Waals surface area contributed by atoms with Crippen molar-refractivity contribution >= 4 is 34.4 Å². The summed E-state index contributed by atoms with van der Waals surface area (Å²) in [7, 11) is 0. The fraction of sp³-hybridized carbons (Fsp3) is 0.250. The number of para-hydroxylation sites is 2. The van der Waals surface area contributed by atoms with Gasteiger partial charge in [-0.15, -0.1) is 0 Å². The van der Waals surface area contributed by atoms with E-state index < -0.39 is 0 Å². The van der Waals surface area contributed by atoms with Crippen molar-refractivity contribution in [1.82, 2.24) is 24.9 Å². The minimum absolute atomic E-state index is 0.828. The summed E-state index contributed by atoms with van der Waals surface area (Å²) in [5, 5.41) is 0. The van der Waals surface area contributed by atoms with Gasteiger partial charge in [0.2, 0.25) is 5.95 Å². The molecular weight excluding hydrogens is 386 g/mol. The summed E-state index contributed by atoms with van der Waals surface area (Å²) < 4.78 is 0. The van der Waals surface area contributed by atoms with Gasteiger partial charge in [-0.1, -0.05) is 18.2 Å². The van der Waals surface area contributed by atoms with Gasteiger partial charge in [0.1, 0.15) is 12.1 Å². The second-order valence-corrected chi connectivity index (χ2v) is 8.14. The highest BCUT2D eigenvalue weighted by molar-refractivity contribution is 5.91. The largest absolute Gasteiger partial charge is 0.352 e. The van der Waals surface area contributed by atoms with Crippen LogP contribution in [0.3, 0.4) is 0 Å². The van der Waals surface area contributed by atoms with Crippen LogP contribution in [-0.4, -0.2) is 51.1 Å². The zero-order chi connectivity index (χ0) is 20.8. The molecule has 7 nitrogen and oxygen atoms in total. The lowest BCUT2D eigenvalue weighted by Crippen LogP contribution is -2.47. The van der Waals surface area contributed by atoms with Crippen molar-refractivity contribution in [2.75, 3.05) is 36.0 Å². The predicted octanol–water partition coefficient (Wildman–Crippen LogP) is 3.48. The molecule has 1 fully saturated rings. The van der Waals surface area contributed by atoms with Gasteiger partial charge in [-0.2, -0.15) is 0 Å². The van der Waals surface area contributed by atoms with E-state index >= 15 is 0 Å². The molecule has 1 saturated heterocycles. The minimum Gasteiger partial charge on any atom is -0.352 e. The molecule has 2 aliphatic rings. The van der Waals surface area contributed by atoms with Crippen molar-refractivity contribution in [3.8, 4) is 0 Å². The van der Waals surface area contributed by atoms with Crippen molar-refractivity contribution in [2.24, 2.45) is 0 Å². The average Bonchev–Trinajstić information content (AvgIpc) is 3.44. The SMILES string of the molecule is Cc1ccc(C2=Cc3c(ncnc3N3CCN(c4nc5ccccc5[nH]4)CC3)C2)cn1. The van der Waals surface area contributed by atoms with E-state index in [4.69, 9.17) is 4.98 Å². The van der Waals surface area contributed by atoms with Gasteiger partial charge in [0, 0.05) is 50.1 Å². The first-order valence-electron chi connectivity index (χ1n) is 10.7. The summed E-state index contributed by atoms with van der Waals surface area (Å²) in [5.74, 6) is 1.98. The normalized spacial score (nSPS) is 16.0. The fourth-order valence-corrected chi connectivity index (χ4v) is 4.43. The molecule has 154 valence electrons. The smallest absolute Gasteiger partial charge is 0.203 e. The average molecular weight is 409 g/mol. The Kier molecular flexibility index (Phi) is 4.19. The van der Waals surface area contributed by atoms with E-state index in [1.54, 1.807) is 6.33 Å². The van der Waals surface area contributed by atoms with Crippen LogP contribution in [0.2, 0.25) is 0 Å². The summed E-state index contributed by atoms with van der Waals surface area (Å²) in [6.07, 6.45) is 6.72. The molecule has 4 aromatic rings. The number of hydrogen-bond acceptors (Lipinski definition) is 6. The lowest BCUT2D eigenvalue weighted by Gasteiger charge is -2.35. The molecule has 1 aliphatic heterocycles. The van der Waals surface area contributed by atoms with Gasteiger partial charge in [0.25, 0.3) is 0 Å². The first-order chi connectivity index (χ1) is 15.2. The summed E-state index contributed by atoms with van der Waals surface area (Å²) in [6, 6.07) is 12.4. The Morgan fingerprint density at radius 2 is 1.74 bits per heavy atom. The van der Waals surface area contributed by atoms with Crippen LogP contribution in [-0.2, 0) is 6.42 Å². The van der Waals surface area contributed by atoms with Gasteiger partial charge in [-0.25, -0.2) is 15.0 Å². The molecule has 6 rings (SSSR count). The number of fused-ring (bicyclic) bond motifs is 2. The molecule has 0 saturated carbocycles. The molecule has 0 spiro atoms. The zero-order valence-electron chi connectivity index (χ0n) is 17.4. The highest BCUT2D eigenvalue weighted by atomic mass is 15.3. The van der Waals surface area contributed by atoms with E-state index in [-0.39, 0.29) is 0 Å². The Morgan fingerprint density at radius 1 is 0.903 bits per heavy atom. The third-order valence-electron chi connectivity index (χ3n) is 6.16. The molecule has 3 aromatic heterocycles. The highest BCUT2D eigenvalue weighted by Gasteiger charge is 2.26. The van der Waals surface area contributed by atoms with Crippen LogP contribution < -0.4 is 9.80 Å². The molecule has 0 bridgehead atoms. The molecule has 1 aliphatic carbocycles. The highest BCUT2D eigenvalue weighted by Crippen LogP contribution is 2.35. The maximum absolute atomic E-state index is 4.75. The molecule has 0 amide bonds. The van der Waals surface area contributed by atoms with Crippen molar-refractivity contribution in [1.29, 1.82) is 0 Å². The van der Waals surface area contributed by atoms with E-state index in [2.05, 4.69) is 54.0 Å². The monoisotopic (exact) mass is 409 g/mol. The van der Waals surface area contributed by atoms with Gasteiger partial charge >= 0.3 is 0 Å². The third-order valence-corrected chi connectivity index (χ3v) is 6.16. The minimum atomic E-state index is 0.828. The molecule has 0 radical (unpaired) electrons. The van der Waals surface area contributed by atoms with Gasteiger partial charge in [-0.05, 0) is 42.3 Å². The fourth-order valence-electron chi connectivity index (χ4n) is 4.43. The second-order valence-electron chi connectivity index (χ2n) is 8.14. The van der Waals surface area contributed by atoms with Crippen LogP contribution in [0.25, 0.3) is 22.7 Å². The van der Waals surface area contributed by atoms with Gasteiger partial charge < -0.3 is 14.8 Å². The Hall–Kier alpha value is -3.74. The number of benzene rings is 1. The number of nitrogens with one attached hydrogen (secondary N) is 1. The number of H-pyrrole nitrogens is 1. The van der Waals surface area contributed by atoms with Crippen molar-refractivity contribution in [3.63, 3.8) is 0 Å². The summed E-state index contributed by atoms with van der Waals surface area (Å²) >= 11 is 0. The van der Waals surface area contributed by atoms with Crippen LogP contribution in [0, 0.1) is 6.92 Å².